The van der Waals surface area contributed by atoms with E-state index in [-0.39, 0.29) is 0 Å². The second kappa shape index (κ2) is 5.32. The number of hydrogen-bond acceptors (Lipinski definition) is 2. The van der Waals surface area contributed by atoms with Crippen molar-refractivity contribution in [3.63, 3.8) is 0 Å². The summed E-state index contributed by atoms with van der Waals surface area (Å²) in [6, 6.07) is 3.85. The molecule has 0 amide bonds. The van der Waals surface area contributed by atoms with Crippen molar-refractivity contribution >= 4 is 0 Å². The number of rotatable bonds is 4. The van der Waals surface area contributed by atoms with Crippen LogP contribution in [0.1, 0.15) is 37.1 Å². The molecule has 0 aliphatic heterocycles. The van der Waals surface area contributed by atoms with Gasteiger partial charge in [0.2, 0.25) is 0 Å². The molecule has 1 aromatic heterocycles. The highest BCUT2D eigenvalue weighted by atomic mass is 19.1. The first-order valence-electron chi connectivity index (χ1n) is 6.88. The largest absolute Gasteiger partial charge is 0.348 e. The first kappa shape index (κ1) is 13.2. The summed E-state index contributed by atoms with van der Waals surface area (Å²) in [6.45, 7) is 0.545. The lowest BCUT2D eigenvalue weighted by Gasteiger charge is -2.31. The van der Waals surface area contributed by atoms with Gasteiger partial charge in [0, 0.05) is 29.6 Å². The van der Waals surface area contributed by atoms with Crippen LogP contribution in [0.15, 0.2) is 30.6 Å². The summed E-state index contributed by atoms with van der Waals surface area (Å²) in [5, 5.41) is 3.42. The summed E-state index contributed by atoms with van der Waals surface area (Å²) in [4.78, 5) is 7.19. The number of aromatic nitrogens is 2. The molecule has 3 nitrogen and oxygen atoms in total. The minimum atomic E-state index is -0.537. The molecule has 5 heteroatoms. The van der Waals surface area contributed by atoms with Gasteiger partial charge in [-0.25, -0.2) is 13.8 Å². The number of halogens is 2. The van der Waals surface area contributed by atoms with E-state index >= 15 is 0 Å². The van der Waals surface area contributed by atoms with Crippen LogP contribution in [0.3, 0.4) is 0 Å². The quantitative estimate of drug-likeness (QED) is 0.900. The average molecular weight is 277 g/mol. The van der Waals surface area contributed by atoms with Crippen LogP contribution >= 0.6 is 0 Å². The van der Waals surface area contributed by atoms with Crippen molar-refractivity contribution in [2.75, 3.05) is 0 Å². The van der Waals surface area contributed by atoms with Crippen LogP contribution in [-0.2, 0) is 12.1 Å². The second-order valence-corrected chi connectivity index (χ2v) is 5.30. The van der Waals surface area contributed by atoms with E-state index in [1.165, 1.54) is 6.07 Å². The van der Waals surface area contributed by atoms with Crippen LogP contribution in [0.25, 0.3) is 0 Å². The Labute approximate surface area is 116 Å². The molecular formula is C15H17F2N3. The second-order valence-electron chi connectivity index (χ2n) is 5.30. The molecule has 0 atom stereocenters. The van der Waals surface area contributed by atoms with Crippen LogP contribution in [0.5, 0.6) is 0 Å². The number of imidazole rings is 1. The summed E-state index contributed by atoms with van der Waals surface area (Å²) in [7, 11) is 0. The number of benzene rings is 1. The van der Waals surface area contributed by atoms with Gasteiger partial charge in [-0.05, 0) is 18.9 Å². The summed E-state index contributed by atoms with van der Waals surface area (Å²) in [6.07, 6.45) is 7.25. The highest BCUT2D eigenvalue weighted by molar-refractivity contribution is 5.28. The predicted octanol–water partition coefficient (Wildman–Crippen LogP) is 3.25. The molecular weight excluding hydrogens is 260 g/mol. The van der Waals surface area contributed by atoms with Gasteiger partial charge in [-0.15, -0.1) is 0 Å². The predicted molar refractivity (Wildman–Crippen MR) is 71.9 cm³/mol. The first-order chi connectivity index (χ1) is 9.70. The van der Waals surface area contributed by atoms with Gasteiger partial charge in [0.05, 0.1) is 6.54 Å². The SMILES string of the molecule is Fc1ccc(C2(NCc3ncc[nH]3)CCCC2)c(F)c1. The molecule has 2 aromatic rings. The van der Waals surface area contributed by atoms with Crippen molar-refractivity contribution < 1.29 is 8.78 Å². The molecule has 0 spiro atoms. The number of hydrogen-bond donors (Lipinski definition) is 2. The Hall–Kier alpha value is -1.75. The summed E-state index contributed by atoms with van der Waals surface area (Å²) >= 11 is 0. The molecule has 1 fully saturated rings. The van der Waals surface area contributed by atoms with Gasteiger partial charge in [-0.1, -0.05) is 18.9 Å². The normalized spacial score (nSPS) is 17.5. The molecule has 3 rings (SSSR count). The van der Waals surface area contributed by atoms with E-state index in [4.69, 9.17) is 0 Å². The molecule has 106 valence electrons. The fraction of sp³-hybridized carbons (Fsp3) is 0.400. The topological polar surface area (TPSA) is 40.7 Å². The van der Waals surface area contributed by atoms with Gasteiger partial charge >= 0.3 is 0 Å². The lowest BCUT2D eigenvalue weighted by atomic mass is 9.87. The Morgan fingerprint density at radius 1 is 1.25 bits per heavy atom. The van der Waals surface area contributed by atoms with Crippen molar-refractivity contribution in [2.45, 2.75) is 37.8 Å². The van der Waals surface area contributed by atoms with Crippen LogP contribution < -0.4 is 5.32 Å². The molecule has 1 aliphatic rings. The molecule has 0 bridgehead atoms. The van der Waals surface area contributed by atoms with Crippen LogP contribution in [0, 0.1) is 11.6 Å². The van der Waals surface area contributed by atoms with Crippen molar-refractivity contribution in [1.82, 2.24) is 15.3 Å². The van der Waals surface area contributed by atoms with Gasteiger partial charge in [-0.3, -0.25) is 0 Å². The summed E-state index contributed by atoms with van der Waals surface area (Å²) in [5.74, 6) is -0.192. The third-order valence-electron chi connectivity index (χ3n) is 4.05. The van der Waals surface area contributed by atoms with Gasteiger partial charge < -0.3 is 10.3 Å². The first-order valence-corrected chi connectivity index (χ1v) is 6.88. The smallest absolute Gasteiger partial charge is 0.131 e. The van der Waals surface area contributed by atoms with Crippen molar-refractivity contribution in [3.8, 4) is 0 Å². The maximum Gasteiger partial charge on any atom is 0.131 e. The molecule has 0 saturated heterocycles. The third-order valence-corrected chi connectivity index (χ3v) is 4.05. The number of nitrogens with one attached hydrogen (secondary N) is 2. The molecule has 1 aliphatic carbocycles. The van der Waals surface area contributed by atoms with Gasteiger partial charge in [0.1, 0.15) is 17.5 Å². The number of nitrogens with zero attached hydrogens (tertiary/aromatic N) is 1. The molecule has 1 aromatic carbocycles. The van der Waals surface area contributed by atoms with E-state index in [1.807, 2.05) is 0 Å². The molecule has 1 heterocycles. The lowest BCUT2D eigenvalue weighted by molar-refractivity contribution is 0.321. The molecule has 0 radical (unpaired) electrons. The zero-order valence-electron chi connectivity index (χ0n) is 11.1. The fourth-order valence-corrected chi connectivity index (χ4v) is 3.05. The zero-order valence-corrected chi connectivity index (χ0v) is 11.1. The van der Waals surface area contributed by atoms with Crippen LogP contribution in [-0.4, -0.2) is 9.97 Å². The Morgan fingerprint density at radius 3 is 2.70 bits per heavy atom. The molecule has 20 heavy (non-hydrogen) atoms. The monoisotopic (exact) mass is 277 g/mol. The number of aromatic amines is 1. The molecule has 1 saturated carbocycles. The van der Waals surface area contributed by atoms with E-state index < -0.39 is 17.2 Å². The van der Waals surface area contributed by atoms with Crippen LogP contribution in [0.2, 0.25) is 0 Å². The Kier molecular flexibility index (Phi) is 3.53. The Bertz CT molecular complexity index is 575. The lowest BCUT2D eigenvalue weighted by Crippen LogP contribution is -2.40. The van der Waals surface area contributed by atoms with E-state index in [2.05, 4.69) is 15.3 Å². The summed E-state index contributed by atoms with van der Waals surface area (Å²) < 4.78 is 27.2. The Balaban J connectivity index is 1.87. The van der Waals surface area contributed by atoms with Crippen molar-refractivity contribution in [3.05, 3.63) is 53.6 Å². The Morgan fingerprint density at radius 2 is 2.05 bits per heavy atom. The van der Waals surface area contributed by atoms with E-state index in [0.717, 1.165) is 37.6 Å². The highest BCUT2D eigenvalue weighted by Crippen LogP contribution is 2.40. The van der Waals surface area contributed by atoms with E-state index in [0.29, 0.717) is 12.1 Å². The van der Waals surface area contributed by atoms with Gasteiger partial charge in [0.25, 0.3) is 0 Å². The standard InChI is InChI=1S/C15H17F2N3/c16-11-3-4-12(13(17)9-11)15(5-1-2-6-15)20-10-14-18-7-8-19-14/h3-4,7-9,20H,1-2,5-6,10H2,(H,18,19). The van der Waals surface area contributed by atoms with Crippen LogP contribution in [0.4, 0.5) is 8.78 Å². The highest BCUT2D eigenvalue weighted by Gasteiger charge is 2.37. The zero-order chi connectivity index (χ0) is 14.0. The van der Waals surface area contributed by atoms with Crippen molar-refractivity contribution in [2.24, 2.45) is 0 Å². The minimum Gasteiger partial charge on any atom is -0.348 e. The van der Waals surface area contributed by atoms with E-state index in [9.17, 15) is 8.78 Å². The molecule has 2 N–H and O–H groups in total. The van der Waals surface area contributed by atoms with Gasteiger partial charge in [-0.2, -0.15) is 0 Å². The van der Waals surface area contributed by atoms with E-state index in [1.54, 1.807) is 18.5 Å². The maximum absolute atomic E-state index is 14.1. The van der Waals surface area contributed by atoms with Crippen molar-refractivity contribution in [1.29, 1.82) is 0 Å². The number of H-pyrrole nitrogens is 1. The summed E-state index contributed by atoms with van der Waals surface area (Å²) in [5.41, 5.74) is 0.146. The van der Waals surface area contributed by atoms with Gasteiger partial charge in [0.15, 0.2) is 0 Å². The maximum atomic E-state index is 14.1. The fourth-order valence-electron chi connectivity index (χ4n) is 3.05. The molecule has 0 unspecified atom stereocenters. The average Bonchev–Trinajstić information content (AvgIpc) is 3.08. The third kappa shape index (κ3) is 2.45. The minimum absolute atomic E-state index is 0.412.